The predicted octanol–water partition coefficient (Wildman–Crippen LogP) is 4.07. The highest BCUT2D eigenvalue weighted by atomic mass is 32.2. The molecule has 1 heterocycles. The van der Waals surface area contributed by atoms with Crippen LogP contribution in [0.25, 0.3) is 0 Å². The molecule has 0 spiro atoms. The maximum atomic E-state index is 12.8. The molecule has 2 aromatic rings. The number of hydrogen-bond donors (Lipinski definition) is 3. The van der Waals surface area contributed by atoms with Gasteiger partial charge in [0.1, 0.15) is 0 Å². The molecule has 1 unspecified atom stereocenters. The summed E-state index contributed by atoms with van der Waals surface area (Å²) in [5, 5.41) is 8.77. The summed E-state index contributed by atoms with van der Waals surface area (Å²) in [6, 6.07) is 11.3. The third-order valence-corrected chi connectivity index (χ3v) is 6.83. The molecular formula is C24H27N3O3S. The second-order valence-electron chi connectivity index (χ2n) is 7.42. The molecular weight excluding hydrogens is 410 g/mol. The van der Waals surface area contributed by atoms with Crippen LogP contribution in [0.2, 0.25) is 0 Å². The third kappa shape index (κ3) is 5.71. The van der Waals surface area contributed by atoms with Crippen molar-refractivity contribution < 1.29 is 13.2 Å². The van der Waals surface area contributed by atoms with Gasteiger partial charge in [0.2, 0.25) is 0 Å². The Hall–Kier alpha value is -3.16. The number of nitrogens with one attached hydrogen (secondary N) is 3. The summed E-state index contributed by atoms with van der Waals surface area (Å²) in [6.45, 7) is 10.8. The molecule has 0 saturated carbocycles. The number of fused-ring (bicyclic) bond motifs is 1. The van der Waals surface area contributed by atoms with Crippen molar-refractivity contribution in [3.63, 3.8) is 0 Å². The van der Waals surface area contributed by atoms with E-state index in [9.17, 15) is 13.2 Å². The highest BCUT2D eigenvalue weighted by Crippen LogP contribution is 2.22. The van der Waals surface area contributed by atoms with E-state index in [1.807, 2.05) is 25.1 Å². The molecule has 1 aliphatic rings. The van der Waals surface area contributed by atoms with Gasteiger partial charge in [0, 0.05) is 18.8 Å². The van der Waals surface area contributed by atoms with E-state index >= 15 is 0 Å². The number of sulfone groups is 1. The fourth-order valence-corrected chi connectivity index (χ4v) is 4.79. The van der Waals surface area contributed by atoms with Gasteiger partial charge >= 0.3 is 6.03 Å². The van der Waals surface area contributed by atoms with E-state index in [4.69, 9.17) is 0 Å². The van der Waals surface area contributed by atoms with Crippen molar-refractivity contribution in [1.82, 2.24) is 10.6 Å². The summed E-state index contributed by atoms with van der Waals surface area (Å²) in [6.07, 6.45) is 5.06. The van der Waals surface area contributed by atoms with Gasteiger partial charge in [-0.2, -0.15) is 0 Å². The molecule has 2 amide bonds. The van der Waals surface area contributed by atoms with Gasteiger partial charge < -0.3 is 16.0 Å². The lowest BCUT2D eigenvalue weighted by Gasteiger charge is -2.16. The first kappa shape index (κ1) is 22.5. The summed E-state index contributed by atoms with van der Waals surface area (Å²) in [4.78, 5) is 12.4. The van der Waals surface area contributed by atoms with E-state index in [1.54, 1.807) is 30.4 Å². The van der Waals surface area contributed by atoms with E-state index in [2.05, 4.69) is 29.1 Å². The van der Waals surface area contributed by atoms with Crippen LogP contribution in [-0.2, 0) is 28.7 Å². The zero-order chi connectivity index (χ0) is 22.4. The number of urea groups is 1. The molecule has 0 bridgehead atoms. The molecule has 31 heavy (non-hydrogen) atoms. The molecule has 0 aliphatic carbocycles. The average molecular weight is 438 g/mol. The predicted molar refractivity (Wildman–Crippen MR) is 124 cm³/mol. The van der Waals surface area contributed by atoms with Crippen molar-refractivity contribution in [3.05, 3.63) is 96.1 Å². The number of rotatable bonds is 8. The third-order valence-electron chi connectivity index (χ3n) is 5.12. The first-order chi connectivity index (χ1) is 14.8. The van der Waals surface area contributed by atoms with Crippen molar-refractivity contribution in [2.75, 3.05) is 5.32 Å². The largest absolute Gasteiger partial charge is 0.331 e. The Morgan fingerprint density at radius 3 is 2.52 bits per heavy atom. The van der Waals surface area contributed by atoms with Crippen LogP contribution in [0.1, 0.15) is 23.6 Å². The van der Waals surface area contributed by atoms with Crippen LogP contribution in [-0.4, -0.2) is 20.5 Å². The minimum Gasteiger partial charge on any atom is -0.331 e. The van der Waals surface area contributed by atoms with Crippen molar-refractivity contribution in [3.8, 4) is 0 Å². The SMILES string of the molecule is C=C/C=C(\C=C)C(C)NC(=O)Nc1ccc(S(=O)(=O)Cc2ccc3c(c2)CNC3)cc1. The number of hydrogen-bond acceptors (Lipinski definition) is 4. The Labute approximate surface area is 183 Å². The van der Waals surface area contributed by atoms with Gasteiger partial charge in [-0.25, -0.2) is 13.2 Å². The standard InChI is InChI=1S/C24H27N3O3S/c1-4-6-19(5-2)17(3)26-24(28)27-22-9-11-23(12-10-22)31(29,30)16-18-7-8-20-14-25-15-21(20)13-18/h4-13,17,25H,1-2,14-16H2,3H3,(H2,26,27,28)/b19-6+. The van der Waals surface area contributed by atoms with Gasteiger partial charge in [-0.3, -0.25) is 0 Å². The average Bonchev–Trinajstić information content (AvgIpc) is 3.19. The topological polar surface area (TPSA) is 87.3 Å². The fourth-order valence-electron chi connectivity index (χ4n) is 3.46. The van der Waals surface area contributed by atoms with Crippen LogP contribution < -0.4 is 16.0 Å². The number of carbonyl (C=O) groups is 1. The molecule has 7 heteroatoms. The molecule has 3 N–H and O–H groups in total. The molecule has 1 atom stereocenters. The summed E-state index contributed by atoms with van der Waals surface area (Å²) < 4.78 is 25.6. The summed E-state index contributed by atoms with van der Waals surface area (Å²) in [5.74, 6) is -0.0645. The first-order valence-electron chi connectivity index (χ1n) is 9.99. The van der Waals surface area contributed by atoms with Crippen LogP contribution in [0.5, 0.6) is 0 Å². The van der Waals surface area contributed by atoms with Gasteiger partial charge in [-0.05, 0) is 53.5 Å². The van der Waals surface area contributed by atoms with E-state index in [0.717, 1.165) is 29.8 Å². The zero-order valence-corrected chi connectivity index (χ0v) is 18.3. The van der Waals surface area contributed by atoms with Crippen molar-refractivity contribution >= 4 is 21.6 Å². The number of amides is 2. The van der Waals surface area contributed by atoms with Crippen LogP contribution in [0.15, 0.2) is 84.3 Å². The summed E-state index contributed by atoms with van der Waals surface area (Å²) >= 11 is 0. The number of allylic oxidation sites excluding steroid dienone is 2. The Balaban J connectivity index is 1.63. The first-order valence-corrected chi connectivity index (χ1v) is 11.6. The molecule has 6 nitrogen and oxygen atoms in total. The Morgan fingerprint density at radius 1 is 1.13 bits per heavy atom. The van der Waals surface area contributed by atoms with Crippen molar-refractivity contribution in [2.24, 2.45) is 0 Å². The lowest BCUT2D eigenvalue weighted by atomic mass is 10.1. The minimum absolute atomic E-state index is 0.0645. The maximum Gasteiger partial charge on any atom is 0.319 e. The van der Waals surface area contributed by atoms with E-state index in [1.165, 1.54) is 17.7 Å². The van der Waals surface area contributed by atoms with Gasteiger partial charge in [0.15, 0.2) is 9.84 Å². The normalized spacial score (nSPS) is 14.4. The van der Waals surface area contributed by atoms with Crippen LogP contribution >= 0.6 is 0 Å². The number of carbonyl (C=O) groups excluding carboxylic acids is 1. The Bertz CT molecular complexity index is 1120. The monoisotopic (exact) mass is 437 g/mol. The Morgan fingerprint density at radius 2 is 1.84 bits per heavy atom. The summed E-state index contributed by atoms with van der Waals surface area (Å²) in [5.41, 5.74) is 4.46. The highest BCUT2D eigenvalue weighted by Gasteiger charge is 2.18. The zero-order valence-electron chi connectivity index (χ0n) is 17.5. The lowest BCUT2D eigenvalue weighted by Crippen LogP contribution is -2.36. The van der Waals surface area contributed by atoms with E-state index in [0.29, 0.717) is 5.69 Å². The van der Waals surface area contributed by atoms with Gasteiger partial charge in [0.05, 0.1) is 16.7 Å². The van der Waals surface area contributed by atoms with Crippen molar-refractivity contribution in [2.45, 2.75) is 36.7 Å². The lowest BCUT2D eigenvalue weighted by molar-refractivity contribution is 0.250. The van der Waals surface area contributed by atoms with Crippen LogP contribution in [0.4, 0.5) is 10.5 Å². The second-order valence-corrected chi connectivity index (χ2v) is 9.41. The Kier molecular flexibility index (Phi) is 7.09. The molecule has 162 valence electrons. The van der Waals surface area contributed by atoms with Gasteiger partial charge in [-0.15, -0.1) is 0 Å². The molecule has 0 aromatic heterocycles. The minimum atomic E-state index is -3.49. The van der Waals surface area contributed by atoms with Crippen molar-refractivity contribution in [1.29, 1.82) is 0 Å². The maximum absolute atomic E-state index is 12.8. The molecule has 1 aliphatic heterocycles. The van der Waals surface area contributed by atoms with Crippen LogP contribution in [0.3, 0.4) is 0 Å². The second kappa shape index (κ2) is 9.76. The quantitative estimate of drug-likeness (QED) is 0.543. The van der Waals surface area contributed by atoms with E-state index < -0.39 is 15.9 Å². The highest BCUT2D eigenvalue weighted by molar-refractivity contribution is 7.90. The van der Waals surface area contributed by atoms with Gasteiger partial charge in [0.25, 0.3) is 0 Å². The molecule has 2 aromatic carbocycles. The van der Waals surface area contributed by atoms with E-state index in [-0.39, 0.29) is 16.7 Å². The number of anilines is 1. The molecule has 0 saturated heterocycles. The van der Waals surface area contributed by atoms with Crippen LogP contribution in [0, 0.1) is 0 Å². The smallest absolute Gasteiger partial charge is 0.319 e. The number of benzene rings is 2. The fraction of sp³-hybridized carbons (Fsp3) is 0.208. The summed E-state index contributed by atoms with van der Waals surface area (Å²) in [7, 11) is -3.49. The van der Waals surface area contributed by atoms with Gasteiger partial charge in [-0.1, -0.05) is 49.6 Å². The molecule has 0 fully saturated rings. The molecule has 3 rings (SSSR count). The molecule has 0 radical (unpaired) electrons.